The molecule has 0 aliphatic carbocycles. The van der Waals surface area contributed by atoms with Gasteiger partial charge >= 0.3 is 5.97 Å². The van der Waals surface area contributed by atoms with Crippen LogP contribution in [0.2, 0.25) is 0 Å². The maximum atomic E-state index is 14.9. The van der Waals surface area contributed by atoms with Crippen LogP contribution in [0.15, 0.2) is 30.3 Å². The highest BCUT2D eigenvalue weighted by Crippen LogP contribution is 2.37. The van der Waals surface area contributed by atoms with Crippen molar-refractivity contribution in [2.75, 3.05) is 0 Å². The zero-order valence-electron chi connectivity index (χ0n) is 16.8. The van der Waals surface area contributed by atoms with Gasteiger partial charge in [0.25, 0.3) is 5.91 Å². The van der Waals surface area contributed by atoms with E-state index in [9.17, 15) is 27.9 Å². The minimum Gasteiger partial charge on any atom is -0.505 e. The number of ether oxygens (including phenoxy) is 1. The third kappa shape index (κ3) is 3.53. The van der Waals surface area contributed by atoms with Crippen molar-refractivity contribution < 1.29 is 32.6 Å². The van der Waals surface area contributed by atoms with Crippen LogP contribution in [0.1, 0.15) is 48.3 Å². The molecular weight excluding hydrogens is 399 g/mol. The Kier molecular flexibility index (Phi) is 5.61. The number of fused-ring (bicyclic) bond motifs is 1. The number of carbonyl (C=O) groups is 2. The number of halogens is 3. The van der Waals surface area contributed by atoms with Gasteiger partial charge in [0, 0.05) is 16.6 Å². The molecule has 0 saturated heterocycles. The van der Waals surface area contributed by atoms with Crippen LogP contribution in [0.5, 0.6) is 5.75 Å². The van der Waals surface area contributed by atoms with Crippen LogP contribution in [0.4, 0.5) is 13.2 Å². The monoisotopic (exact) mass is 419 g/mol. The summed E-state index contributed by atoms with van der Waals surface area (Å²) in [5.74, 6) is -6.27. The Bertz CT molecular complexity index is 1170. The fraction of sp³-hybridized carbons (Fsp3) is 0.273. The molecule has 158 valence electrons. The molecule has 3 aromatic rings. The molecule has 0 aliphatic rings. The molecule has 0 bridgehead atoms. The van der Waals surface area contributed by atoms with Crippen molar-refractivity contribution in [3.63, 3.8) is 0 Å². The summed E-state index contributed by atoms with van der Waals surface area (Å²) < 4.78 is 48.1. The lowest BCUT2D eigenvalue weighted by atomic mass is 9.97. The second kappa shape index (κ2) is 7.85. The number of hydrogen-bond donors (Lipinski definition) is 1. The molecule has 1 heterocycles. The third-order valence-electron chi connectivity index (χ3n) is 4.84. The lowest BCUT2D eigenvalue weighted by Gasteiger charge is -2.15. The highest BCUT2D eigenvalue weighted by molar-refractivity contribution is 6.05. The van der Waals surface area contributed by atoms with Crippen LogP contribution in [0.3, 0.4) is 0 Å². The van der Waals surface area contributed by atoms with E-state index in [0.717, 1.165) is 28.8 Å². The Labute approximate surface area is 170 Å². The highest BCUT2D eigenvalue weighted by atomic mass is 19.2. The topological polar surface area (TPSA) is 68.5 Å². The Balaban J connectivity index is 2.27. The SMILES string of the molecule is Cc1c(C(C)C(=O)OC(C)C)c2c(F)c(O)ccc2n1C(=O)c1ccc(F)c(F)c1. The first-order valence-electron chi connectivity index (χ1n) is 9.27. The summed E-state index contributed by atoms with van der Waals surface area (Å²) in [5.41, 5.74) is 0.306. The van der Waals surface area contributed by atoms with Crippen molar-refractivity contribution in [3.8, 4) is 5.75 Å². The number of hydrogen-bond acceptors (Lipinski definition) is 4. The number of phenolic OH excluding ortho intramolecular Hbond substituents is 1. The fourth-order valence-corrected chi connectivity index (χ4v) is 3.48. The smallest absolute Gasteiger partial charge is 0.313 e. The number of phenols is 1. The van der Waals surface area contributed by atoms with Crippen LogP contribution in [0.25, 0.3) is 10.9 Å². The fourth-order valence-electron chi connectivity index (χ4n) is 3.48. The van der Waals surface area contributed by atoms with Crippen LogP contribution in [-0.2, 0) is 9.53 Å². The molecule has 0 radical (unpaired) electrons. The van der Waals surface area contributed by atoms with E-state index in [2.05, 4.69) is 0 Å². The predicted molar refractivity (Wildman–Crippen MR) is 104 cm³/mol. The van der Waals surface area contributed by atoms with Gasteiger partial charge in [-0.3, -0.25) is 14.2 Å². The van der Waals surface area contributed by atoms with Gasteiger partial charge in [-0.2, -0.15) is 0 Å². The van der Waals surface area contributed by atoms with E-state index in [4.69, 9.17) is 4.74 Å². The van der Waals surface area contributed by atoms with E-state index >= 15 is 0 Å². The van der Waals surface area contributed by atoms with Gasteiger partial charge in [-0.25, -0.2) is 13.2 Å². The van der Waals surface area contributed by atoms with Gasteiger partial charge in [-0.1, -0.05) is 0 Å². The van der Waals surface area contributed by atoms with Crippen LogP contribution >= 0.6 is 0 Å². The molecule has 1 atom stereocenters. The minimum absolute atomic E-state index is 0.0803. The average Bonchev–Trinajstić information content (AvgIpc) is 2.97. The predicted octanol–water partition coefficient (Wildman–Crippen LogP) is 4.82. The highest BCUT2D eigenvalue weighted by Gasteiger charge is 2.30. The Morgan fingerprint density at radius 1 is 1.03 bits per heavy atom. The molecule has 8 heteroatoms. The molecule has 5 nitrogen and oxygen atoms in total. The minimum atomic E-state index is -1.20. The average molecular weight is 419 g/mol. The number of esters is 1. The van der Waals surface area contributed by atoms with Crippen molar-refractivity contribution in [2.24, 2.45) is 0 Å². The Morgan fingerprint density at radius 3 is 2.30 bits per heavy atom. The van der Waals surface area contributed by atoms with Crippen molar-refractivity contribution >= 4 is 22.8 Å². The number of nitrogens with zero attached hydrogens (tertiary/aromatic N) is 1. The summed E-state index contributed by atoms with van der Waals surface area (Å²) >= 11 is 0. The summed E-state index contributed by atoms with van der Waals surface area (Å²) in [6, 6.07) is 5.07. The molecule has 1 N–H and O–H groups in total. The summed E-state index contributed by atoms with van der Waals surface area (Å²) in [7, 11) is 0. The number of carbonyl (C=O) groups excluding carboxylic acids is 2. The summed E-state index contributed by atoms with van der Waals surface area (Å²) in [6.45, 7) is 6.34. The van der Waals surface area contributed by atoms with Crippen molar-refractivity contribution in [3.05, 3.63) is 64.6 Å². The quantitative estimate of drug-likeness (QED) is 0.616. The summed E-state index contributed by atoms with van der Waals surface area (Å²) in [5, 5.41) is 9.74. The molecule has 1 unspecified atom stereocenters. The van der Waals surface area contributed by atoms with Gasteiger partial charge in [-0.05, 0) is 63.6 Å². The Hall–Kier alpha value is -3.29. The molecule has 0 amide bonds. The molecular formula is C22H20F3NO4. The van der Waals surface area contributed by atoms with Crippen molar-refractivity contribution in [1.29, 1.82) is 0 Å². The standard InChI is InChI=1S/C22H20F3NO4/c1-10(2)30-22(29)11(3)18-12(4)26(16-7-8-17(27)20(25)19(16)18)21(28)13-5-6-14(23)15(24)9-13/h5-11,27H,1-4H3. The molecule has 2 aromatic carbocycles. The number of rotatable bonds is 4. The number of aromatic hydroxyl groups is 1. The maximum absolute atomic E-state index is 14.9. The summed E-state index contributed by atoms with van der Waals surface area (Å²) in [6.07, 6.45) is -0.407. The first-order chi connectivity index (χ1) is 14.0. The lowest BCUT2D eigenvalue weighted by Crippen LogP contribution is -2.19. The molecule has 0 aliphatic heterocycles. The second-order valence-electron chi connectivity index (χ2n) is 7.27. The molecule has 0 saturated carbocycles. The first kappa shape index (κ1) is 21.4. The van der Waals surface area contributed by atoms with Gasteiger partial charge in [0.15, 0.2) is 23.2 Å². The zero-order valence-corrected chi connectivity index (χ0v) is 16.8. The first-order valence-corrected chi connectivity index (χ1v) is 9.27. The number of aromatic nitrogens is 1. The second-order valence-corrected chi connectivity index (χ2v) is 7.27. The van der Waals surface area contributed by atoms with Gasteiger partial charge in [0.2, 0.25) is 0 Å². The van der Waals surface area contributed by atoms with E-state index in [0.29, 0.717) is 0 Å². The molecule has 30 heavy (non-hydrogen) atoms. The van der Waals surface area contributed by atoms with Crippen LogP contribution in [0, 0.1) is 24.4 Å². The van der Waals surface area contributed by atoms with E-state index in [1.165, 1.54) is 19.9 Å². The van der Waals surface area contributed by atoms with Gasteiger partial charge in [-0.15, -0.1) is 0 Å². The van der Waals surface area contributed by atoms with Gasteiger partial charge in [0.1, 0.15) is 0 Å². The molecule has 0 fully saturated rings. The van der Waals surface area contributed by atoms with E-state index in [1.807, 2.05) is 0 Å². The third-order valence-corrected chi connectivity index (χ3v) is 4.84. The molecule has 3 rings (SSSR count). The largest absolute Gasteiger partial charge is 0.505 e. The van der Waals surface area contributed by atoms with Gasteiger partial charge in [0.05, 0.1) is 17.5 Å². The molecule has 0 spiro atoms. The zero-order chi connectivity index (χ0) is 22.3. The van der Waals surface area contributed by atoms with Crippen molar-refractivity contribution in [2.45, 2.75) is 39.7 Å². The van der Waals surface area contributed by atoms with Crippen LogP contribution < -0.4 is 0 Å². The van der Waals surface area contributed by atoms with E-state index < -0.39 is 47.1 Å². The van der Waals surface area contributed by atoms with E-state index in [-0.39, 0.29) is 27.7 Å². The maximum Gasteiger partial charge on any atom is 0.313 e. The van der Waals surface area contributed by atoms with E-state index in [1.54, 1.807) is 13.8 Å². The number of benzene rings is 2. The normalized spacial score (nSPS) is 12.4. The van der Waals surface area contributed by atoms with Crippen LogP contribution in [-0.4, -0.2) is 27.7 Å². The lowest BCUT2D eigenvalue weighted by molar-refractivity contribution is -0.148. The van der Waals surface area contributed by atoms with Crippen molar-refractivity contribution in [1.82, 2.24) is 4.57 Å². The summed E-state index contributed by atoms with van der Waals surface area (Å²) in [4.78, 5) is 25.6. The molecule has 1 aromatic heterocycles. The van der Waals surface area contributed by atoms with Gasteiger partial charge < -0.3 is 9.84 Å². The Morgan fingerprint density at radius 2 is 1.70 bits per heavy atom.